The van der Waals surface area contributed by atoms with Crippen molar-refractivity contribution in [3.8, 4) is 5.75 Å². The molecular formula is C16H23NO2. The molecule has 2 rings (SSSR count). The Morgan fingerprint density at radius 2 is 2.26 bits per heavy atom. The van der Waals surface area contributed by atoms with Gasteiger partial charge in [0, 0.05) is 18.9 Å². The molecule has 0 radical (unpaired) electrons. The Balaban J connectivity index is 2.29. The molecule has 0 aromatic heterocycles. The molecule has 0 saturated carbocycles. The Hall–Kier alpha value is -1.35. The predicted molar refractivity (Wildman–Crippen MR) is 76.5 cm³/mol. The van der Waals surface area contributed by atoms with Crippen LogP contribution in [0.25, 0.3) is 0 Å². The number of benzene rings is 1. The number of hydrogen-bond acceptors (Lipinski definition) is 3. The maximum atomic E-state index is 11.1. The Morgan fingerprint density at radius 3 is 2.84 bits per heavy atom. The highest BCUT2D eigenvalue weighted by molar-refractivity contribution is 5.69. The van der Waals surface area contributed by atoms with Crippen LogP contribution < -0.4 is 4.74 Å². The Morgan fingerprint density at radius 1 is 1.47 bits per heavy atom. The van der Waals surface area contributed by atoms with Crippen molar-refractivity contribution in [1.82, 2.24) is 4.90 Å². The van der Waals surface area contributed by atoms with Crippen molar-refractivity contribution in [3.05, 3.63) is 29.8 Å². The first-order valence-electron chi connectivity index (χ1n) is 7.03. The van der Waals surface area contributed by atoms with Crippen LogP contribution in [0, 0.1) is 0 Å². The number of carbonyl (C=O) groups is 1. The highest BCUT2D eigenvalue weighted by Gasteiger charge is 2.37. The molecule has 3 nitrogen and oxygen atoms in total. The van der Waals surface area contributed by atoms with Gasteiger partial charge in [-0.15, -0.1) is 0 Å². The van der Waals surface area contributed by atoms with Crippen molar-refractivity contribution in [2.75, 3.05) is 20.1 Å². The molecule has 0 N–H and O–H groups in total. The smallest absolute Gasteiger partial charge is 0.308 e. The zero-order valence-corrected chi connectivity index (χ0v) is 12.1. The van der Waals surface area contributed by atoms with E-state index in [-0.39, 0.29) is 11.4 Å². The minimum atomic E-state index is -0.259. The molecule has 1 aliphatic heterocycles. The monoisotopic (exact) mass is 261 g/mol. The average molecular weight is 261 g/mol. The van der Waals surface area contributed by atoms with Gasteiger partial charge in [0.05, 0.1) is 0 Å². The minimum Gasteiger partial charge on any atom is -0.427 e. The molecule has 1 atom stereocenters. The van der Waals surface area contributed by atoms with Crippen LogP contribution in [0.4, 0.5) is 0 Å². The normalized spacial score (nSPS) is 23.5. The van der Waals surface area contributed by atoms with Gasteiger partial charge in [-0.1, -0.05) is 25.5 Å². The number of esters is 1. The first kappa shape index (κ1) is 14.1. The van der Waals surface area contributed by atoms with E-state index in [1.54, 1.807) is 0 Å². The highest BCUT2D eigenvalue weighted by Crippen LogP contribution is 2.39. The van der Waals surface area contributed by atoms with Gasteiger partial charge in [0.15, 0.2) is 0 Å². The second-order valence-corrected chi connectivity index (χ2v) is 5.64. The fraction of sp³-hybridized carbons (Fsp3) is 0.562. The van der Waals surface area contributed by atoms with E-state index in [4.69, 9.17) is 4.74 Å². The van der Waals surface area contributed by atoms with Crippen molar-refractivity contribution >= 4 is 5.97 Å². The summed E-state index contributed by atoms with van der Waals surface area (Å²) in [7, 11) is 2.17. The molecule has 1 saturated heterocycles. The molecule has 1 aliphatic rings. The number of carbonyl (C=O) groups excluding carboxylic acids is 1. The van der Waals surface area contributed by atoms with E-state index in [0.717, 1.165) is 13.1 Å². The van der Waals surface area contributed by atoms with Crippen LogP contribution in [-0.4, -0.2) is 31.0 Å². The second-order valence-electron chi connectivity index (χ2n) is 5.64. The third-order valence-corrected chi connectivity index (χ3v) is 3.98. The maximum absolute atomic E-state index is 11.1. The quantitative estimate of drug-likeness (QED) is 0.616. The molecule has 104 valence electrons. The zero-order valence-electron chi connectivity index (χ0n) is 12.1. The van der Waals surface area contributed by atoms with E-state index in [2.05, 4.69) is 24.9 Å². The van der Waals surface area contributed by atoms with Crippen molar-refractivity contribution in [2.45, 2.75) is 38.5 Å². The lowest BCUT2D eigenvalue weighted by atomic mass is 9.76. The molecule has 3 heteroatoms. The summed E-state index contributed by atoms with van der Waals surface area (Å²) in [6, 6.07) is 8.05. The van der Waals surface area contributed by atoms with Gasteiger partial charge in [-0.2, -0.15) is 0 Å². The summed E-state index contributed by atoms with van der Waals surface area (Å²) in [6.45, 7) is 5.90. The van der Waals surface area contributed by atoms with Gasteiger partial charge < -0.3 is 9.64 Å². The predicted octanol–water partition coefficient (Wildman–Crippen LogP) is 2.99. The van der Waals surface area contributed by atoms with Crippen LogP contribution in [0.15, 0.2) is 24.3 Å². The lowest BCUT2D eigenvalue weighted by Crippen LogP contribution is -2.29. The van der Waals surface area contributed by atoms with Crippen molar-refractivity contribution in [2.24, 2.45) is 0 Å². The zero-order chi connectivity index (χ0) is 13.9. The summed E-state index contributed by atoms with van der Waals surface area (Å²) in [5, 5.41) is 0. The summed E-state index contributed by atoms with van der Waals surface area (Å²) in [5.74, 6) is 0.403. The minimum absolute atomic E-state index is 0.222. The van der Waals surface area contributed by atoms with E-state index in [9.17, 15) is 4.79 Å². The number of ether oxygens (including phenoxy) is 1. The topological polar surface area (TPSA) is 29.5 Å². The van der Waals surface area contributed by atoms with Crippen LogP contribution in [0.3, 0.4) is 0 Å². The van der Waals surface area contributed by atoms with Crippen LogP contribution in [0.5, 0.6) is 5.75 Å². The second kappa shape index (κ2) is 5.74. The molecule has 0 bridgehead atoms. The van der Waals surface area contributed by atoms with E-state index >= 15 is 0 Å². The number of hydrogen-bond donors (Lipinski definition) is 0. The summed E-state index contributed by atoms with van der Waals surface area (Å²) in [6.07, 6.45) is 3.54. The van der Waals surface area contributed by atoms with Crippen LogP contribution >= 0.6 is 0 Å². The average Bonchev–Trinajstić information content (AvgIpc) is 2.72. The van der Waals surface area contributed by atoms with E-state index in [0.29, 0.717) is 5.75 Å². The molecule has 1 fully saturated rings. The fourth-order valence-electron chi connectivity index (χ4n) is 3.20. The molecule has 0 spiro atoms. The number of likely N-dealkylation sites (tertiary alicyclic amines) is 1. The molecular weight excluding hydrogens is 238 g/mol. The number of likely N-dealkylation sites (N-methyl/N-ethyl adjacent to an activating group) is 1. The third-order valence-electron chi connectivity index (χ3n) is 3.98. The molecule has 1 heterocycles. The SMILES string of the molecule is CCC[C@]1(c2cccc(OC(C)=O)c2)CCN(C)C1. The molecule has 1 aromatic carbocycles. The Labute approximate surface area is 115 Å². The number of nitrogens with zero attached hydrogens (tertiary/aromatic N) is 1. The van der Waals surface area contributed by atoms with Gasteiger partial charge in [0.1, 0.15) is 5.75 Å². The van der Waals surface area contributed by atoms with Crippen molar-refractivity contribution < 1.29 is 9.53 Å². The summed E-state index contributed by atoms with van der Waals surface area (Å²) >= 11 is 0. The first-order valence-corrected chi connectivity index (χ1v) is 7.03. The van der Waals surface area contributed by atoms with Crippen molar-refractivity contribution in [3.63, 3.8) is 0 Å². The highest BCUT2D eigenvalue weighted by atomic mass is 16.5. The van der Waals surface area contributed by atoms with Gasteiger partial charge in [0.2, 0.25) is 0 Å². The molecule has 0 amide bonds. The Bertz CT molecular complexity index is 454. The van der Waals surface area contributed by atoms with Crippen LogP contribution in [0.1, 0.15) is 38.7 Å². The van der Waals surface area contributed by atoms with Gasteiger partial charge in [-0.05, 0) is 44.1 Å². The molecule has 0 unspecified atom stereocenters. The summed E-state index contributed by atoms with van der Waals surface area (Å²) in [5.41, 5.74) is 1.53. The van der Waals surface area contributed by atoms with Gasteiger partial charge in [0.25, 0.3) is 0 Å². The summed E-state index contributed by atoms with van der Waals surface area (Å²) < 4.78 is 5.21. The van der Waals surface area contributed by atoms with E-state index < -0.39 is 0 Å². The summed E-state index contributed by atoms with van der Waals surface area (Å²) in [4.78, 5) is 13.5. The lowest BCUT2D eigenvalue weighted by Gasteiger charge is -2.29. The molecule has 1 aromatic rings. The third kappa shape index (κ3) is 3.16. The lowest BCUT2D eigenvalue weighted by molar-refractivity contribution is -0.131. The van der Waals surface area contributed by atoms with Crippen LogP contribution in [-0.2, 0) is 10.2 Å². The van der Waals surface area contributed by atoms with Gasteiger partial charge in [-0.3, -0.25) is 4.79 Å². The van der Waals surface area contributed by atoms with Crippen molar-refractivity contribution in [1.29, 1.82) is 0 Å². The Kier molecular flexibility index (Phi) is 4.25. The fourth-order valence-corrected chi connectivity index (χ4v) is 3.20. The number of rotatable bonds is 4. The van der Waals surface area contributed by atoms with Gasteiger partial charge in [-0.25, -0.2) is 0 Å². The van der Waals surface area contributed by atoms with E-state index in [1.165, 1.54) is 31.7 Å². The molecule has 19 heavy (non-hydrogen) atoms. The van der Waals surface area contributed by atoms with E-state index in [1.807, 2.05) is 18.2 Å². The van der Waals surface area contributed by atoms with Crippen LogP contribution in [0.2, 0.25) is 0 Å². The standard InChI is InChI=1S/C16H23NO2/c1-4-8-16(9-10-17(3)12-16)14-6-5-7-15(11-14)19-13(2)18/h5-7,11H,4,8-10,12H2,1-3H3/t16-/m0/s1. The first-order chi connectivity index (χ1) is 9.05. The largest absolute Gasteiger partial charge is 0.427 e. The van der Waals surface area contributed by atoms with Gasteiger partial charge >= 0.3 is 5.97 Å². The molecule has 0 aliphatic carbocycles. The maximum Gasteiger partial charge on any atom is 0.308 e.